The fourth-order valence-corrected chi connectivity index (χ4v) is 8.69. The summed E-state index contributed by atoms with van der Waals surface area (Å²) in [5.74, 6) is -7.33. The van der Waals surface area contributed by atoms with E-state index >= 15 is 0 Å². The molecule has 0 spiro atoms. The smallest absolute Gasteiger partial charge is 0.331 e. The van der Waals surface area contributed by atoms with Gasteiger partial charge in [0.05, 0.1) is 62.4 Å². The van der Waals surface area contributed by atoms with Crippen molar-refractivity contribution in [3.05, 3.63) is 59.8 Å². The quantitative estimate of drug-likeness (QED) is 0.0720. The number of esters is 4. The van der Waals surface area contributed by atoms with Crippen LogP contribution < -0.4 is 0 Å². The summed E-state index contributed by atoms with van der Waals surface area (Å²) in [5, 5.41) is 58.8. The van der Waals surface area contributed by atoms with Gasteiger partial charge in [-0.3, -0.25) is 4.79 Å². The molecule has 5 N–H and O–H groups in total. The molecule has 0 aliphatic carbocycles. The van der Waals surface area contributed by atoms with Crippen LogP contribution in [0.1, 0.15) is 113 Å². The second-order valence-corrected chi connectivity index (χ2v) is 18.4. The van der Waals surface area contributed by atoms with Crippen molar-refractivity contribution in [2.45, 2.75) is 185 Å². The summed E-state index contributed by atoms with van der Waals surface area (Å²) in [6.45, 7) is 11.3. The highest BCUT2D eigenvalue weighted by Crippen LogP contribution is 2.50. The van der Waals surface area contributed by atoms with Crippen LogP contribution in [-0.4, -0.2) is 136 Å². The molecule has 4 rings (SSSR count). The zero-order valence-electron chi connectivity index (χ0n) is 38.6. The van der Waals surface area contributed by atoms with Gasteiger partial charge in [0.15, 0.2) is 18.2 Å². The first-order chi connectivity index (χ1) is 29.9. The standard InChI is InChI=1S/C47H70O17/c1-10-11-12-13-14-15-39(51)62-43-31(22-41(53)58-9)21-34-25-37(28(2)48)61-42(54)24-32(50)23-35-26-38(59-29(3)49)45(6,7)46(55,63-35)27-36-19-30(20-40(52)57-8)18-33(60-36)16-17-44(4,5)47(43,56)64-34/h12-17,20,22,28,32-38,42-43,48,50,54-56H,10-11,18-19,21,23-27H2,1-9H3/t28-,32+,33-,34-,35+,36-,37-,38-,42?,43-,46-,47+/m0/s1. The van der Waals surface area contributed by atoms with E-state index in [4.69, 9.17) is 37.9 Å². The third-order valence-corrected chi connectivity index (χ3v) is 12.5. The summed E-state index contributed by atoms with van der Waals surface area (Å²) in [4.78, 5) is 51.3. The topological polar surface area (TPSA) is 243 Å². The predicted octanol–water partition coefficient (Wildman–Crippen LogP) is 4.07. The van der Waals surface area contributed by atoms with Crippen LogP contribution in [0.3, 0.4) is 0 Å². The molecular formula is C47H70O17. The number of unbranched alkanes of at least 4 members (excludes halogenated alkanes) is 1. The van der Waals surface area contributed by atoms with Gasteiger partial charge >= 0.3 is 23.9 Å². The number of hydrogen-bond acceptors (Lipinski definition) is 17. The number of hydrogen-bond donors (Lipinski definition) is 5. The monoisotopic (exact) mass is 906 g/mol. The van der Waals surface area contributed by atoms with Crippen LogP contribution in [0.25, 0.3) is 0 Å². The molecule has 3 fully saturated rings. The van der Waals surface area contributed by atoms with Gasteiger partial charge in [-0.25, -0.2) is 14.4 Å². The number of fused-ring (bicyclic) bond motifs is 6. The van der Waals surface area contributed by atoms with Gasteiger partial charge < -0.3 is 63.4 Å². The molecule has 0 aromatic rings. The molecule has 4 heterocycles. The molecular weight excluding hydrogens is 836 g/mol. The Balaban J connectivity index is 1.89. The van der Waals surface area contributed by atoms with Crippen LogP contribution in [0.5, 0.6) is 0 Å². The van der Waals surface area contributed by atoms with Crippen LogP contribution in [0.4, 0.5) is 0 Å². The molecule has 0 radical (unpaired) electrons. The van der Waals surface area contributed by atoms with E-state index in [9.17, 15) is 44.7 Å². The van der Waals surface area contributed by atoms with E-state index in [0.29, 0.717) is 5.57 Å². The Morgan fingerprint density at radius 2 is 1.53 bits per heavy atom. The Bertz CT molecular complexity index is 1780. The molecule has 0 aromatic carbocycles. The lowest BCUT2D eigenvalue weighted by Gasteiger charge is -2.53. The third kappa shape index (κ3) is 13.6. The molecule has 360 valence electrons. The number of aliphatic hydroxyl groups is 5. The molecule has 12 atom stereocenters. The highest BCUT2D eigenvalue weighted by Gasteiger charge is 2.59. The van der Waals surface area contributed by atoms with Crippen molar-refractivity contribution in [1.29, 1.82) is 0 Å². The van der Waals surface area contributed by atoms with E-state index in [1.165, 1.54) is 46.3 Å². The van der Waals surface area contributed by atoms with Crippen molar-refractivity contribution in [1.82, 2.24) is 0 Å². The first-order valence-corrected chi connectivity index (χ1v) is 22.1. The molecule has 6 bridgehead atoms. The molecule has 17 heteroatoms. The predicted molar refractivity (Wildman–Crippen MR) is 229 cm³/mol. The molecule has 0 amide bonds. The summed E-state index contributed by atoms with van der Waals surface area (Å²) < 4.78 is 47.0. The van der Waals surface area contributed by atoms with Gasteiger partial charge in [0.1, 0.15) is 6.10 Å². The number of ether oxygens (including phenoxy) is 8. The lowest BCUT2D eigenvalue weighted by Crippen LogP contribution is -2.62. The van der Waals surface area contributed by atoms with Crippen molar-refractivity contribution in [2.75, 3.05) is 14.2 Å². The number of allylic oxidation sites excluding steroid dienone is 3. The van der Waals surface area contributed by atoms with Gasteiger partial charge in [0.25, 0.3) is 0 Å². The average Bonchev–Trinajstić information content (AvgIpc) is 3.19. The van der Waals surface area contributed by atoms with Crippen molar-refractivity contribution in [3.63, 3.8) is 0 Å². The second-order valence-electron chi connectivity index (χ2n) is 18.4. The van der Waals surface area contributed by atoms with Crippen molar-refractivity contribution < 1.29 is 82.6 Å². The van der Waals surface area contributed by atoms with Crippen LogP contribution >= 0.6 is 0 Å². The SMILES string of the molecule is CCCC=CC=CC(=O)O[C@H]1C(=CC(=O)OC)C[C@H]2C[C@@H]([C@H](C)O)OC(O)C[C@H](O)C[C@@H]3C[C@H](OC(C)=O)C(C)(C)[C@](O)(C[C@@H]4CC(=CC(=O)OC)C[C@H](C=CC(C)(C)[C@]1(O)O2)O4)O3. The van der Waals surface area contributed by atoms with Gasteiger partial charge in [-0.2, -0.15) is 0 Å². The number of carbonyl (C=O) groups is 4. The van der Waals surface area contributed by atoms with E-state index in [1.807, 2.05) is 13.0 Å². The van der Waals surface area contributed by atoms with Crippen LogP contribution in [0.15, 0.2) is 59.8 Å². The lowest BCUT2D eigenvalue weighted by atomic mass is 9.70. The maximum atomic E-state index is 13.4. The van der Waals surface area contributed by atoms with Gasteiger partial charge in [-0.15, -0.1) is 0 Å². The fraction of sp³-hybridized carbons (Fsp3) is 0.702. The highest BCUT2D eigenvalue weighted by atomic mass is 16.7. The van der Waals surface area contributed by atoms with Gasteiger partial charge in [-0.05, 0) is 44.6 Å². The Morgan fingerprint density at radius 1 is 0.844 bits per heavy atom. The van der Waals surface area contributed by atoms with Crippen LogP contribution in [0, 0.1) is 10.8 Å². The lowest BCUT2D eigenvalue weighted by molar-refractivity contribution is -0.349. The zero-order valence-corrected chi connectivity index (χ0v) is 38.6. The minimum atomic E-state index is -2.44. The summed E-state index contributed by atoms with van der Waals surface area (Å²) in [7, 11) is 2.42. The van der Waals surface area contributed by atoms with E-state index in [0.717, 1.165) is 18.9 Å². The van der Waals surface area contributed by atoms with Crippen molar-refractivity contribution in [3.8, 4) is 0 Å². The summed E-state index contributed by atoms with van der Waals surface area (Å²) in [6, 6.07) is 0. The minimum absolute atomic E-state index is 0.102. The molecule has 4 aliphatic heterocycles. The van der Waals surface area contributed by atoms with Crippen molar-refractivity contribution in [2.24, 2.45) is 10.8 Å². The van der Waals surface area contributed by atoms with E-state index in [2.05, 4.69) is 0 Å². The maximum absolute atomic E-state index is 13.4. The summed E-state index contributed by atoms with van der Waals surface area (Å²) >= 11 is 0. The molecule has 1 unspecified atom stereocenters. The molecule has 3 saturated heterocycles. The summed E-state index contributed by atoms with van der Waals surface area (Å²) in [6.07, 6.45) is 1.82. The number of rotatable bonds is 9. The van der Waals surface area contributed by atoms with Gasteiger partial charge in [0, 0.05) is 56.3 Å². The normalized spacial score (nSPS) is 36.6. The van der Waals surface area contributed by atoms with E-state index < -0.39 is 108 Å². The number of carbonyl (C=O) groups excluding carboxylic acids is 4. The first-order valence-electron chi connectivity index (χ1n) is 22.1. The third-order valence-electron chi connectivity index (χ3n) is 12.5. The molecule has 17 nitrogen and oxygen atoms in total. The Hall–Kier alpha value is -3.78. The number of aliphatic hydroxyl groups excluding tert-OH is 3. The Labute approximate surface area is 376 Å². The first kappa shape index (κ1) is 52.8. The molecule has 4 aliphatic rings. The van der Waals surface area contributed by atoms with Crippen LogP contribution in [-0.2, 0) is 57.1 Å². The van der Waals surface area contributed by atoms with Crippen LogP contribution in [0.2, 0.25) is 0 Å². The maximum Gasteiger partial charge on any atom is 0.331 e. The fourth-order valence-electron chi connectivity index (χ4n) is 8.69. The van der Waals surface area contributed by atoms with Gasteiger partial charge in [0.2, 0.25) is 5.79 Å². The molecule has 0 aromatic heterocycles. The largest absolute Gasteiger partial charge is 0.466 e. The molecule has 64 heavy (non-hydrogen) atoms. The highest BCUT2D eigenvalue weighted by molar-refractivity contribution is 5.84. The Kier molecular flexibility index (Phi) is 18.7. The minimum Gasteiger partial charge on any atom is -0.466 e. The zero-order chi connectivity index (χ0) is 47.6. The average molecular weight is 907 g/mol. The second kappa shape index (κ2) is 22.6. The van der Waals surface area contributed by atoms with E-state index in [1.54, 1.807) is 45.9 Å². The van der Waals surface area contributed by atoms with Crippen molar-refractivity contribution >= 4 is 23.9 Å². The molecule has 0 saturated carbocycles. The Morgan fingerprint density at radius 3 is 2.17 bits per heavy atom. The summed E-state index contributed by atoms with van der Waals surface area (Å²) in [5.41, 5.74) is -1.99. The van der Waals surface area contributed by atoms with Gasteiger partial charge in [-0.1, -0.05) is 77.0 Å². The van der Waals surface area contributed by atoms with E-state index in [-0.39, 0.29) is 56.9 Å². The number of methoxy groups -OCH3 is 2.